The maximum absolute atomic E-state index is 12.1. The van der Waals surface area contributed by atoms with Crippen LogP contribution in [0.25, 0.3) is 0 Å². The number of nitrogens with one attached hydrogen (secondary N) is 2. The number of guanidine groups is 1. The molecule has 1 aliphatic rings. The van der Waals surface area contributed by atoms with Crippen molar-refractivity contribution in [3.05, 3.63) is 65.2 Å². The van der Waals surface area contributed by atoms with E-state index in [2.05, 4.69) is 38.7 Å². The smallest absolute Gasteiger partial charge is 0.253 e. The number of amides is 1. The van der Waals surface area contributed by atoms with Gasteiger partial charge in [-0.05, 0) is 61.3 Å². The van der Waals surface area contributed by atoms with Gasteiger partial charge in [0.1, 0.15) is 5.75 Å². The quantitative estimate of drug-likeness (QED) is 0.491. The molecule has 0 spiro atoms. The molecule has 0 radical (unpaired) electrons. The molecule has 2 aromatic carbocycles. The van der Waals surface area contributed by atoms with Crippen molar-refractivity contribution in [3.8, 4) is 5.75 Å². The van der Waals surface area contributed by atoms with E-state index in [1.165, 1.54) is 18.4 Å². The van der Waals surface area contributed by atoms with E-state index in [0.29, 0.717) is 12.1 Å². The number of methoxy groups -OCH3 is 1. The van der Waals surface area contributed by atoms with Crippen LogP contribution in [0.15, 0.2) is 53.5 Å². The molecule has 1 fully saturated rings. The van der Waals surface area contributed by atoms with Crippen LogP contribution in [0.1, 0.15) is 40.4 Å². The van der Waals surface area contributed by atoms with Crippen LogP contribution in [-0.2, 0) is 6.54 Å². The van der Waals surface area contributed by atoms with Gasteiger partial charge in [-0.1, -0.05) is 24.3 Å². The lowest BCUT2D eigenvalue weighted by Gasteiger charge is -2.29. The van der Waals surface area contributed by atoms with E-state index < -0.39 is 0 Å². The first-order chi connectivity index (χ1) is 15.5. The fourth-order valence-corrected chi connectivity index (χ4v) is 3.98. The Morgan fingerprint density at radius 1 is 1.12 bits per heavy atom. The summed E-state index contributed by atoms with van der Waals surface area (Å²) in [6, 6.07) is 16.2. The minimum atomic E-state index is 0.00693. The minimum absolute atomic E-state index is 0.00693. The number of hydrogen-bond acceptors (Lipinski definition) is 4. The minimum Gasteiger partial charge on any atom is -0.497 e. The first-order valence-corrected chi connectivity index (χ1v) is 11.1. The van der Waals surface area contributed by atoms with E-state index in [4.69, 9.17) is 4.74 Å². The SMILES string of the molecule is CN=C(NCc1ccc(C(=O)N(C)C)cc1)NCC(c1cccc(OC)c1)N1CCCC1. The van der Waals surface area contributed by atoms with E-state index in [9.17, 15) is 4.79 Å². The van der Waals surface area contributed by atoms with Crippen molar-refractivity contribution >= 4 is 11.9 Å². The molecule has 0 aromatic heterocycles. The van der Waals surface area contributed by atoms with E-state index in [0.717, 1.165) is 36.9 Å². The Labute approximate surface area is 191 Å². The summed E-state index contributed by atoms with van der Waals surface area (Å²) in [7, 11) is 7.00. The molecule has 7 heteroatoms. The van der Waals surface area contributed by atoms with E-state index in [-0.39, 0.29) is 11.9 Å². The highest BCUT2D eigenvalue weighted by molar-refractivity contribution is 5.93. The second-order valence-electron chi connectivity index (χ2n) is 8.24. The zero-order valence-electron chi connectivity index (χ0n) is 19.6. The summed E-state index contributed by atoms with van der Waals surface area (Å²) >= 11 is 0. The van der Waals surface area contributed by atoms with Gasteiger partial charge in [0.25, 0.3) is 5.91 Å². The second kappa shape index (κ2) is 11.5. The van der Waals surface area contributed by atoms with Crippen molar-refractivity contribution in [3.63, 3.8) is 0 Å². The number of nitrogens with zero attached hydrogens (tertiary/aromatic N) is 3. The van der Waals surface area contributed by atoms with Crippen molar-refractivity contribution in [1.29, 1.82) is 0 Å². The molecule has 0 aliphatic carbocycles. The number of aliphatic imine (C=N–C) groups is 1. The number of benzene rings is 2. The standard InChI is InChI=1S/C25H35N5O2/c1-26-25(27-17-19-10-12-20(13-11-19)24(31)29(2)3)28-18-23(30-14-5-6-15-30)21-8-7-9-22(16-21)32-4/h7-13,16,23H,5-6,14-15,17-18H2,1-4H3,(H2,26,27,28). The molecule has 3 rings (SSSR count). The van der Waals surface area contributed by atoms with Gasteiger partial charge in [-0.2, -0.15) is 0 Å². The summed E-state index contributed by atoms with van der Waals surface area (Å²) in [4.78, 5) is 20.5. The van der Waals surface area contributed by atoms with Gasteiger partial charge in [-0.3, -0.25) is 14.7 Å². The predicted molar refractivity (Wildman–Crippen MR) is 129 cm³/mol. The van der Waals surface area contributed by atoms with Gasteiger partial charge in [0.05, 0.1) is 13.2 Å². The molecule has 7 nitrogen and oxygen atoms in total. The maximum Gasteiger partial charge on any atom is 0.253 e. The summed E-state index contributed by atoms with van der Waals surface area (Å²) in [6.07, 6.45) is 2.47. The number of hydrogen-bond donors (Lipinski definition) is 2. The lowest BCUT2D eigenvalue weighted by atomic mass is 10.1. The summed E-state index contributed by atoms with van der Waals surface area (Å²) in [5.41, 5.74) is 3.02. The second-order valence-corrected chi connectivity index (χ2v) is 8.24. The lowest BCUT2D eigenvalue weighted by Crippen LogP contribution is -2.42. The average molecular weight is 438 g/mol. The Morgan fingerprint density at radius 3 is 2.47 bits per heavy atom. The maximum atomic E-state index is 12.1. The van der Waals surface area contributed by atoms with Crippen LogP contribution in [0.2, 0.25) is 0 Å². The summed E-state index contributed by atoms with van der Waals surface area (Å²) in [5, 5.41) is 6.87. The summed E-state index contributed by atoms with van der Waals surface area (Å²) in [5.74, 6) is 1.64. The largest absolute Gasteiger partial charge is 0.497 e. The molecule has 0 bridgehead atoms. The molecular formula is C25H35N5O2. The first kappa shape index (κ1) is 23.6. The van der Waals surface area contributed by atoms with Crippen molar-refractivity contribution < 1.29 is 9.53 Å². The Bertz CT molecular complexity index is 905. The Hall–Kier alpha value is -3.06. The molecule has 2 N–H and O–H groups in total. The molecule has 1 aliphatic heterocycles. The summed E-state index contributed by atoms with van der Waals surface area (Å²) in [6.45, 7) is 3.59. The third kappa shape index (κ3) is 6.23. The van der Waals surface area contributed by atoms with Gasteiger partial charge in [-0.15, -0.1) is 0 Å². The molecule has 0 saturated carbocycles. The van der Waals surface area contributed by atoms with Crippen LogP contribution in [0.5, 0.6) is 5.75 Å². The first-order valence-electron chi connectivity index (χ1n) is 11.1. The highest BCUT2D eigenvalue weighted by Crippen LogP contribution is 2.27. The number of rotatable bonds is 8. The van der Waals surface area contributed by atoms with Crippen molar-refractivity contribution in [2.24, 2.45) is 4.99 Å². The van der Waals surface area contributed by atoms with Gasteiger partial charge in [0, 0.05) is 39.8 Å². The van der Waals surface area contributed by atoms with Crippen LogP contribution < -0.4 is 15.4 Å². The van der Waals surface area contributed by atoms with Gasteiger partial charge in [-0.25, -0.2) is 0 Å². The molecule has 1 amide bonds. The number of carbonyl (C=O) groups is 1. The van der Waals surface area contributed by atoms with Gasteiger partial charge >= 0.3 is 0 Å². The van der Waals surface area contributed by atoms with Gasteiger partial charge < -0.3 is 20.3 Å². The molecule has 1 saturated heterocycles. The molecule has 2 aromatic rings. The molecule has 32 heavy (non-hydrogen) atoms. The molecular weight excluding hydrogens is 402 g/mol. The summed E-state index contributed by atoms with van der Waals surface area (Å²) < 4.78 is 5.44. The number of ether oxygens (including phenoxy) is 1. The van der Waals surface area contributed by atoms with Crippen LogP contribution in [0.4, 0.5) is 0 Å². The third-order valence-corrected chi connectivity index (χ3v) is 5.81. The predicted octanol–water partition coefficient (Wildman–Crippen LogP) is 2.90. The fraction of sp³-hybridized carbons (Fsp3) is 0.440. The molecule has 172 valence electrons. The number of likely N-dealkylation sites (tertiary alicyclic amines) is 1. The average Bonchev–Trinajstić information content (AvgIpc) is 3.35. The van der Waals surface area contributed by atoms with Crippen LogP contribution in [0.3, 0.4) is 0 Å². The Morgan fingerprint density at radius 2 is 1.84 bits per heavy atom. The third-order valence-electron chi connectivity index (χ3n) is 5.81. The molecule has 1 heterocycles. The fourth-order valence-electron chi connectivity index (χ4n) is 3.98. The monoisotopic (exact) mass is 437 g/mol. The molecule has 1 atom stereocenters. The topological polar surface area (TPSA) is 69.2 Å². The van der Waals surface area contributed by atoms with Gasteiger partial charge in [0.2, 0.25) is 0 Å². The van der Waals surface area contributed by atoms with Crippen LogP contribution in [-0.4, -0.2) is 69.6 Å². The van der Waals surface area contributed by atoms with E-state index in [1.54, 1.807) is 33.2 Å². The van der Waals surface area contributed by atoms with Crippen LogP contribution >= 0.6 is 0 Å². The highest BCUT2D eigenvalue weighted by Gasteiger charge is 2.24. The Kier molecular flexibility index (Phi) is 8.50. The zero-order chi connectivity index (χ0) is 22.9. The Balaban J connectivity index is 1.60. The van der Waals surface area contributed by atoms with Crippen molar-refractivity contribution in [2.75, 3.05) is 47.9 Å². The number of carbonyl (C=O) groups excluding carboxylic acids is 1. The lowest BCUT2D eigenvalue weighted by molar-refractivity contribution is 0.0827. The highest BCUT2D eigenvalue weighted by atomic mass is 16.5. The normalized spacial score (nSPS) is 15.3. The van der Waals surface area contributed by atoms with Crippen LogP contribution in [0, 0.1) is 0 Å². The van der Waals surface area contributed by atoms with Gasteiger partial charge in [0.15, 0.2) is 5.96 Å². The van der Waals surface area contributed by atoms with Crippen molar-refractivity contribution in [2.45, 2.75) is 25.4 Å². The molecule has 1 unspecified atom stereocenters. The van der Waals surface area contributed by atoms with E-state index in [1.807, 2.05) is 30.3 Å². The van der Waals surface area contributed by atoms with Crippen molar-refractivity contribution in [1.82, 2.24) is 20.4 Å². The van der Waals surface area contributed by atoms with E-state index >= 15 is 0 Å². The zero-order valence-corrected chi connectivity index (χ0v) is 19.6.